The summed E-state index contributed by atoms with van der Waals surface area (Å²) < 4.78 is 1.86. The monoisotopic (exact) mass is 348 g/mol. The van der Waals surface area contributed by atoms with Gasteiger partial charge in [-0.1, -0.05) is 43.3 Å². The number of carbonyl (C=O) groups excluding carboxylic acids is 2. The van der Waals surface area contributed by atoms with E-state index < -0.39 is 0 Å². The molecule has 0 saturated carbocycles. The third-order valence-electron chi connectivity index (χ3n) is 4.63. The Morgan fingerprint density at radius 2 is 1.69 bits per heavy atom. The van der Waals surface area contributed by atoms with Crippen molar-refractivity contribution >= 4 is 28.3 Å². The number of anilines is 1. The first-order valence-electron chi connectivity index (χ1n) is 8.98. The van der Waals surface area contributed by atoms with Gasteiger partial charge in [0, 0.05) is 34.8 Å². The molecule has 1 N–H and O–H groups in total. The number of rotatable bonds is 6. The lowest BCUT2D eigenvalue weighted by Crippen LogP contribution is -2.19. The third-order valence-corrected chi connectivity index (χ3v) is 4.63. The molecule has 0 atom stereocenters. The minimum atomic E-state index is -0.0994. The number of ketones is 1. The van der Waals surface area contributed by atoms with Gasteiger partial charge in [-0.2, -0.15) is 0 Å². The molecule has 2 aromatic carbocycles. The van der Waals surface area contributed by atoms with Crippen LogP contribution in [0.15, 0.2) is 48.7 Å². The number of nitrogens with one attached hydrogen (secondary N) is 1. The van der Waals surface area contributed by atoms with Crippen LogP contribution in [0.5, 0.6) is 0 Å². The summed E-state index contributed by atoms with van der Waals surface area (Å²) in [5, 5.41) is 3.92. The van der Waals surface area contributed by atoms with Gasteiger partial charge in [-0.3, -0.25) is 9.59 Å². The largest absolute Gasteiger partial charge is 0.337 e. The van der Waals surface area contributed by atoms with Gasteiger partial charge >= 0.3 is 0 Å². The van der Waals surface area contributed by atoms with Crippen LogP contribution in [0.25, 0.3) is 10.9 Å². The van der Waals surface area contributed by atoms with Gasteiger partial charge in [0.1, 0.15) is 6.54 Å². The molecule has 0 aliphatic carbocycles. The van der Waals surface area contributed by atoms with Crippen LogP contribution >= 0.6 is 0 Å². The number of carbonyl (C=O) groups is 2. The SMILES string of the molecule is CCCC(=O)c1cn(CC(=O)Nc2c(C)cccc2C)c2ccccc12. The fraction of sp³-hybridized carbons (Fsp3) is 0.273. The van der Waals surface area contributed by atoms with Crippen molar-refractivity contribution in [1.82, 2.24) is 4.57 Å². The average Bonchev–Trinajstić information content (AvgIpc) is 2.97. The van der Waals surface area contributed by atoms with E-state index in [9.17, 15) is 9.59 Å². The summed E-state index contributed by atoms with van der Waals surface area (Å²) in [5.74, 6) is 0.0234. The standard InChI is InChI=1S/C22H24N2O2/c1-4-8-20(25)18-13-24(19-12-6-5-11-17(18)19)14-21(26)23-22-15(2)9-7-10-16(22)3/h5-7,9-13H,4,8,14H2,1-3H3,(H,23,26). The lowest BCUT2D eigenvalue weighted by molar-refractivity contribution is -0.116. The highest BCUT2D eigenvalue weighted by Gasteiger charge is 2.16. The second kappa shape index (κ2) is 7.56. The zero-order chi connectivity index (χ0) is 18.7. The number of aromatic nitrogens is 1. The van der Waals surface area contributed by atoms with E-state index in [4.69, 9.17) is 0 Å². The quantitative estimate of drug-likeness (QED) is 0.646. The maximum atomic E-state index is 12.6. The molecule has 0 aliphatic heterocycles. The van der Waals surface area contributed by atoms with Gasteiger partial charge in [0.2, 0.25) is 5.91 Å². The Morgan fingerprint density at radius 1 is 1.00 bits per heavy atom. The maximum absolute atomic E-state index is 12.6. The van der Waals surface area contributed by atoms with Crippen molar-refractivity contribution in [1.29, 1.82) is 0 Å². The Labute approximate surface area is 153 Å². The summed E-state index contributed by atoms with van der Waals surface area (Å²) in [6, 6.07) is 13.7. The number of hydrogen-bond donors (Lipinski definition) is 1. The van der Waals surface area contributed by atoms with E-state index in [2.05, 4.69) is 5.32 Å². The molecule has 3 aromatic rings. The number of amides is 1. The molecule has 1 amide bonds. The topological polar surface area (TPSA) is 51.1 Å². The maximum Gasteiger partial charge on any atom is 0.244 e. The lowest BCUT2D eigenvalue weighted by Gasteiger charge is -2.12. The molecule has 4 heteroatoms. The Balaban J connectivity index is 1.89. The van der Waals surface area contributed by atoms with Gasteiger partial charge in [0.25, 0.3) is 0 Å². The molecule has 0 fully saturated rings. The van der Waals surface area contributed by atoms with Crippen molar-refractivity contribution in [2.45, 2.75) is 40.2 Å². The van der Waals surface area contributed by atoms with Gasteiger partial charge in [0.05, 0.1) is 0 Å². The van der Waals surface area contributed by atoms with Crippen LogP contribution in [0.1, 0.15) is 41.3 Å². The highest BCUT2D eigenvalue weighted by molar-refractivity contribution is 6.08. The molecule has 1 aromatic heterocycles. The van der Waals surface area contributed by atoms with Crippen molar-refractivity contribution in [3.8, 4) is 0 Å². The van der Waals surface area contributed by atoms with E-state index in [0.717, 1.165) is 34.1 Å². The fourth-order valence-corrected chi connectivity index (χ4v) is 3.31. The molecular formula is C22H24N2O2. The zero-order valence-corrected chi connectivity index (χ0v) is 15.5. The summed E-state index contributed by atoms with van der Waals surface area (Å²) in [6.45, 7) is 6.13. The number of para-hydroxylation sites is 2. The van der Waals surface area contributed by atoms with Gasteiger partial charge in [-0.25, -0.2) is 0 Å². The van der Waals surface area contributed by atoms with Crippen molar-refractivity contribution in [3.63, 3.8) is 0 Å². The summed E-state index contributed by atoms with van der Waals surface area (Å²) in [7, 11) is 0. The van der Waals surface area contributed by atoms with Crippen LogP contribution in [0.3, 0.4) is 0 Å². The van der Waals surface area contributed by atoms with Crippen LogP contribution in [-0.2, 0) is 11.3 Å². The normalized spacial score (nSPS) is 10.9. The number of fused-ring (bicyclic) bond motifs is 1. The van der Waals surface area contributed by atoms with E-state index in [0.29, 0.717) is 12.0 Å². The molecule has 0 saturated heterocycles. The third kappa shape index (κ3) is 3.54. The second-order valence-electron chi connectivity index (χ2n) is 6.68. The van der Waals surface area contributed by atoms with Crippen LogP contribution in [0.4, 0.5) is 5.69 Å². The number of benzene rings is 2. The van der Waals surface area contributed by atoms with Crippen LogP contribution in [0, 0.1) is 13.8 Å². The Hall–Kier alpha value is -2.88. The second-order valence-corrected chi connectivity index (χ2v) is 6.68. The summed E-state index contributed by atoms with van der Waals surface area (Å²) in [6.07, 6.45) is 3.14. The Bertz CT molecular complexity index is 949. The van der Waals surface area contributed by atoms with Gasteiger partial charge < -0.3 is 9.88 Å². The molecule has 1 heterocycles. The van der Waals surface area contributed by atoms with Crippen LogP contribution in [-0.4, -0.2) is 16.3 Å². The summed E-state index contributed by atoms with van der Waals surface area (Å²) in [5.41, 5.74) is 4.53. The van der Waals surface area contributed by atoms with E-state index in [-0.39, 0.29) is 18.2 Å². The molecule has 26 heavy (non-hydrogen) atoms. The van der Waals surface area contributed by atoms with Gasteiger partial charge in [-0.15, -0.1) is 0 Å². The first-order chi connectivity index (χ1) is 12.5. The van der Waals surface area contributed by atoms with E-state index in [1.807, 2.05) is 74.0 Å². The summed E-state index contributed by atoms with van der Waals surface area (Å²) in [4.78, 5) is 25.0. The van der Waals surface area contributed by atoms with Crippen LogP contribution in [0.2, 0.25) is 0 Å². The number of aryl methyl sites for hydroxylation is 2. The molecule has 0 unspecified atom stereocenters. The molecule has 134 valence electrons. The molecule has 0 bridgehead atoms. The Morgan fingerprint density at radius 3 is 2.38 bits per heavy atom. The van der Waals surface area contributed by atoms with Crippen molar-refractivity contribution < 1.29 is 9.59 Å². The first kappa shape index (κ1) is 17.9. The molecular weight excluding hydrogens is 324 g/mol. The van der Waals surface area contributed by atoms with E-state index >= 15 is 0 Å². The zero-order valence-electron chi connectivity index (χ0n) is 15.5. The van der Waals surface area contributed by atoms with E-state index in [1.54, 1.807) is 0 Å². The predicted octanol–water partition coefficient (Wildman–Crippen LogP) is 4.88. The minimum Gasteiger partial charge on any atom is -0.337 e. The molecule has 0 radical (unpaired) electrons. The highest BCUT2D eigenvalue weighted by Crippen LogP contribution is 2.24. The highest BCUT2D eigenvalue weighted by atomic mass is 16.2. The minimum absolute atomic E-state index is 0.0994. The smallest absolute Gasteiger partial charge is 0.244 e. The van der Waals surface area contributed by atoms with Gasteiger partial charge in [-0.05, 0) is 37.5 Å². The van der Waals surface area contributed by atoms with Gasteiger partial charge in [0.15, 0.2) is 5.78 Å². The van der Waals surface area contributed by atoms with Crippen molar-refractivity contribution in [2.24, 2.45) is 0 Å². The molecule has 0 spiro atoms. The summed E-state index contributed by atoms with van der Waals surface area (Å²) >= 11 is 0. The van der Waals surface area contributed by atoms with Crippen molar-refractivity contribution in [3.05, 3.63) is 65.4 Å². The van der Waals surface area contributed by atoms with E-state index in [1.165, 1.54) is 0 Å². The number of Topliss-reactive ketones (excluding diaryl/α,β-unsaturated/α-hetero) is 1. The number of nitrogens with zero attached hydrogens (tertiary/aromatic N) is 1. The molecule has 4 nitrogen and oxygen atoms in total. The first-order valence-corrected chi connectivity index (χ1v) is 8.98. The molecule has 3 rings (SSSR count). The molecule has 0 aliphatic rings. The Kier molecular flexibility index (Phi) is 5.21. The lowest BCUT2D eigenvalue weighted by atomic mass is 10.1. The number of hydrogen-bond acceptors (Lipinski definition) is 2. The average molecular weight is 348 g/mol. The predicted molar refractivity (Wildman–Crippen MR) is 106 cm³/mol. The van der Waals surface area contributed by atoms with Crippen molar-refractivity contribution in [2.75, 3.05) is 5.32 Å². The fourth-order valence-electron chi connectivity index (χ4n) is 3.31. The van der Waals surface area contributed by atoms with Crippen LogP contribution < -0.4 is 5.32 Å².